The van der Waals surface area contributed by atoms with E-state index < -0.39 is 10.0 Å². The number of hydrogen-bond acceptors (Lipinski definition) is 4. The molecule has 5 nitrogen and oxygen atoms in total. The molecule has 0 bridgehead atoms. The van der Waals surface area contributed by atoms with E-state index in [4.69, 9.17) is 11.6 Å². The number of rotatable bonds is 7. The number of aromatic nitrogens is 1. The van der Waals surface area contributed by atoms with Gasteiger partial charge in [-0.05, 0) is 79.3 Å². The Kier molecular flexibility index (Phi) is 5.57. The molecule has 0 saturated carbocycles. The largest absolute Gasteiger partial charge is 0.361 e. The summed E-state index contributed by atoms with van der Waals surface area (Å²) >= 11 is 7.34. The summed E-state index contributed by atoms with van der Waals surface area (Å²) in [7, 11) is -3.70. The van der Waals surface area contributed by atoms with Crippen molar-refractivity contribution in [2.24, 2.45) is 0 Å². The molecule has 152 valence electrons. The lowest BCUT2D eigenvalue weighted by atomic mass is 10.1. The van der Waals surface area contributed by atoms with Crippen molar-refractivity contribution >= 4 is 59.6 Å². The molecule has 29 heavy (non-hydrogen) atoms. The summed E-state index contributed by atoms with van der Waals surface area (Å²) in [6.07, 6.45) is 2.86. The second kappa shape index (κ2) is 7.99. The molecule has 8 heteroatoms. The number of halogens is 1. The number of H-pyrrole nitrogens is 1. The fraction of sp³-hybridized carbons (Fsp3) is 0.238. The van der Waals surface area contributed by atoms with Gasteiger partial charge >= 0.3 is 0 Å². The van der Waals surface area contributed by atoms with Crippen LogP contribution >= 0.6 is 22.9 Å². The molecule has 4 aromatic rings. The minimum Gasteiger partial charge on any atom is -0.361 e. The van der Waals surface area contributed by atoms with Crippen molar-refractivity contribution in [2.75, 3.05) is 17.8 Å². The number of aryl methyl sites for hydroxylation is 1. The van der Waals surface area contributed by atoms with Gasteiger partial charge in [0.25, 0.3) is 10.0 Å². The van der Waals surface area contributed by atoms with Crippen molar-refractivity contribution in [1.82, 2.24) is 10.3 Å². The molecule has 0 fully saturated rings. The van der Waals surface area contributed by atoms with Crippen LogP contribution in [-0.4, -0.2) is 26.5 Å². The number of anilines is 1. The predicted octanol–water partition coefficient (Wildman–Crippen LogP) is 5.30. The van der Waals surface area contributed by atoms with E-state index in [1.807, 2.05) is 37.4 Å². The van der Waals surface area contributed by atoms with Crippen molar-refractivity contribution in [1.29, 1.82) is 0 Å². The molecule has 0 aliphatic carbocycles. The van der Waals surface area contributed by atoms with E-state index in [1.165, 1.54) is 11.3 Å². The van der Waals surface area contributed by atoms with Crippen LogP contribution in [0.3, 0.4) is 0 Å². The van der Waals surface area contributed by atoms with Crippen LogP contribution in [0.25, 0.3) is 21.0 Å². The van der Waals surface area contributed by atoms with E-state index in [9.17, 15) is 8.42 Å². The molecule has 0 aliphatic heterocycles. The van der Waals surface area contributed by atoms with Crippen LogP contribution in [0.4, 0.5) is 5.69 Å². The summed E-state index contributed by atoms with van der Waals surface area (Å²) in [5.74, 6) is 0. The predicted molar refractivity (Wildman–Crippen MR) is 123 cm³/mol. The van der Waals surface area contributed by atoms with Gasteiger partial charge in [0.2, 0.25) is 0 Å². The second-order valence-electron chi connectivity index (χ2n) is 6.94. The maximum absolute atomic E-state index is 13.1. The lowest BCUT2D eigenvalue weighted by Gasteiger charge is -2.08. The molecule has 0 unspecified atom stereocenters. The zero-order valence-electron chi connectivity index (χ0n) is 16.2. The SMILES string of the molecule is CCNCCc1c[nH]c2ccc(NS(=O)(=O)c3sc4ccc(Cl)cc4c3C)cc12. The van der Waals surface area contributed by atoms with Crippen molar-refractivity contribution in [2.45, 2.75) is 24.5 Å². The van der Waals surface area contributed by atoms with E-state index in [2.05, 4.69) is 21.9 Å². The maximum atomic E-state index is 13.1. The van der Waals surface area contributed by atoms with Gasteiger partial charge in [-0.3, -0.25) is 4.72 Å². The molecular weight excluding hydrogens is 426 g/mol. The first-order chi connectivity index (χ1) is 13.9. The summed E-state index contributed by atoms with van der Waals surface area (Å²) in [4.78, 5) is 3.25. The van der Waals surface area contributed by atoms with Crippen LogP contribution in [0, 0.1) is 6.92 Å². The fourth-order valence-electron chi connectivity index (χ4n) is 3.48. The molecule has 2 aromatic heterocycles. The number of fused-ring (bicyclic) bond motifs is 2. The number of benzene rings is 2. The average molecular weight is 448 g/mol. The summed E-state index contributed by atoms with van der Waals surface area (Å²) in [6, 6.07) is 11.0. The third-order valence-corrected chi connectivity index (χ3v) is 8.45. The van der Waals surface area contributed by atoms with E-state index >= 15 is 0 Å². The first-order valence-electron chi connectivity index (χ1n) is 9.41. The monoisotopic (exact) mass is 447 g/mol. The van der Waals surface area contributed by atoms with Crippen molar-refractivity contribution in [3.63, 3.8) is 0 Å². The first-order valence-corrected chi connectivity index (χ1v) is 12.1. The number of sulfonamides is 1. The Labute approximate surface area is 179 Å². The van der Waals surface area contributed by atoms with Crippen LogP contribution in [0.2, 0.25) is 5.02 Å². The van der Waals surface area contributed by atoms with Crippen molar-refractivity contribution in [3.8, 4) is 0 Å². The highest BCUT2D eigenvalue weighted by Gasteiger charge is 2.22. The summed E-state index contributed by atoms with van der Waals surface area (Å²) in [5, 5.41) is 5.81. The highest BCUT2D eigenvalue weighted by molar-refractivity contribution is 7.94. The highest BCUT2D eigenvalue weighted by Crippen LogP contribution is 2.36. The summed E-state index contributed by atoms with van der Waals surface area (Å²) in [6.45, 7) is 5.69. The normalized spacial score (nSPS) is 12.1. The molecule has 2 heterocycles. The number of aromatic amines is 1. The van der Waals surface area contributed by atoms with Crippen molar-refractivity contribution in [3.05, 3.63) is 58.7 Å². The van der Waals surface area contributed by atoms with Gasteiger partial charge in [-0.2, -0.15) is 0 Å². The molecule has 4 rings (SSSR count). The number of hydrogen-bond donors (Lipinski definition) is 3. The van der Waals surface area contributed by atoms with Crippen LogP contribution in [0.1, 0.15) is 18.1 Å². The highest BCUT2D eigenvalue weighted by atomic mass is 35.5. The summed E-state index contributed by atoms with van der Waals surface area (Å²) in [5.41, 5.74) is 3.42. The molecule has 0 amide bonds. The molecule has 0 saturated heterocycles. The lowest BCUT2D eigenvalue weighted by Crippen LogP contribution is -2.15. The van der Waals surface area contributed by atoms with Gasteiger partial charge in [0, 0.05) is 32.5 Å². The third kappa shape index (κ3) is 4.00. The quantitative estimate of drug-likeness (QED) is 0.336. The molecule has 0 atom stereocenters. The number of likely N-dealkylation sites (N-methyl/N-ethyl adjacent to an activating group) is 1. The lowest BCUT2D eigenvalue weighted by molar-refractivity contribution is 0.603. The standard InChI is InChI=1S/C21H22ClN3O2S2/c1-3-23-9-8-14-12-24-19-6-5-16(11-18(14)19)25-29(26,27)21-13(2)17-10-15(22)4-7-20(17)28-21/h4-7,10-12,23-25H,3,8-9H2,1-2H3. The van der Waals surface area contributed by atoms with Gasteiger partial charge < -0.3 is 10.3 Å². The van der Waals surface area contributed by atoms with Gasteiger partial charge in [0.05, 0.1) is 0 Å². The average Bonchev–Trinajstić information content (AvgIpc) is 3.23. The second-order valence-corrected chi connectivity index (χ2v) is 10.3. The van der Waals surface area contributed by atoms with Gasteiger partial charge in [-0.15, -0.1) is 11.3 Å². The number of thiophene rings is 1. The first kappa shape index (κ1) is 20.2. The summed E-state index contributed by atoms with van der Waals surface area (Å²) < 4.78 is 30.2. The number of nitrogens with one attached hydrogen (secondary N) is 3. The van der Waals surface area contributed by atoms with Gasteiger partial charge in [-0.25, -0.2) is 8.42 Å². The van der Waals surface area contributed by atoms with Crippen LogP contribution in [0.5, 0.6) is 0 Å². The smallest absolute Gasteiger partial charge is 0.271 e. The van der Waals surface area contributed by atoms with Crippen LogP contribution < -0.4 is 10.0 Å². The minimum absolute atomic E-state index is 0.316. The van der Waals surface area contributed by atoms with E-state index in [-0.39, 0.29) is 0 Å². The molecule has 0 spiro atoms. The Balaban J connectivity index is 1.66. The van der Waals surface area contributed by atoms with Gasteiger partial charge in [0.15, 0.2) is 0 Å². The topological polar surface area (TPSA) is 74.0 Å². The van der Waals surface area contributed by atoms with Gasteiger partial charge in [-0.1, -0.05) is 18.5 Å². The van der Waals surface area contributed by atoms with E-state index in [1.54, 1.807) is 12.1 Å². The van der Waals surface area contributed by atoms with E-state index in [0.29, 0.717) is 20.5 Å². The van der Waals surface area contributed by atoms with Crippen molar-refractivity contribution < 1.29 is 8.42 Å². The zero-order chi connectivity index (χ0) is 20.6. The Morgan fingerprint density at radius 3 is 2.76 bits per heavy atom. The third-order valence-electron chi connectivity index (χ3n) is 4.94. The van der Waals surface area contributed by atoms with E-state index in [0.717, 1.165) is 46.1 Å². The Bertz CT molecular complexity index is 1290. The fourth-order valence-corrected chi connectivity index (χ4v) is 6.45. The zero-order valence-corrected chi connectivity index (χ0v) is 18.6. The molecule has 2 aromatic carbocycles. The maximum Gasteiger partial charge on any atom is 0.271 e. The Morgan fingerprint density at radius 2 is 1.97 bits per heavy atom. The Hall–Kier alpha value is -2.06. The molecule has 3 N–H and O–H groups in total. The van der Waals surface area contributed by atoms with Gasteiger partial charge in [0.1, 0.15) is 4.21 Å². The Morgan fingerprint density at radius 1 is 1.14 bits per heavy atom. The minimum atomic E-state index is -3.70. The molecular formula is C21H22ClN3O2S2. The van der Waals surface area contributed by atoms with Crippen LogP contribution in [-0.2, 0) is 16.4 Å². The molecule has 0 aliphatic rings. The molecule has 0 radical (unpaired) electrons. The van der Waals surface area contributed by atoms with Crippen LogP contribution in [0.15, 0.2) is 46.8 Å².